The van der Waals surface area contributed by atoms with E-state index in [1.807, 2.05) is 53.1 Å². The van der Waals surface area contributed by atoms with Crippen LogP contribution in [0.4, 0.5) is 0 Å². The maximum Gasteiger partial charge on any atom is 0.329 e. The molecule has 0 radical (unpaired) electrons. The number of nitrogens with one attached hydrogen (secondary N) is 2. The van der Waals surface area contributed by atoms with Gasteiger partial charge in [-0.25, -0.2) is 9.78 Å². The molecule has 0 unspecified atom stereocenters. The van der Waals surface area contributed by atoms with Gasteiger partial charge < -0.3 is 4.57 Å². The first kappa shape index (κ1) is 20.6. The molecular formula is C23H22N8O2. The zero-order valence-corrected chi connectivity index (χ0v) is 18.2. The fourth-order valence-electron chi connectivity index (χ4n) is 4.04. The molecule has 0 aliphatic rings. The van der Waals surface area contributed by atoms with Gasteiger partial charge in [0, 0.05) is 25.6 Å². The van der Waals surface area contributed by atoms with Gasteiger partial charge in [-0.3, -0.25) is 14.3 Å². The van der Waals surface area contributed by atoms with Crippen molar-refractivity contribution in [2.75, 3.05) is 0 Å². The van der Waals surface area contributed by atoms with Crippen LogP contribution in [-0.2, 0) is 20.0 Å². The number of benzene rings is 2. The van der Waals surface area contributed by atoms with Crippen molar-refractivity contribution in [1.82, 2.24) is 39.7 Å². The zero-order chi connectivity index (χ0) is 22.9. The molecule has 0 bridgehead atoms. The van der Waals surface area contributed by atoms with Crippen molar-refractivity contribution < 1.29 is 0 Å². The normalized spacial score (nSPS) is 11.3. The quantitative estimate of drug-likeness (QED) is 0.415. The number of fused-ring (bicyclic) bond motifs is 1. The van der Waals surface area contributed by atoms with Crippen LogP contribution >= 0.6 is 0 Å². The fraction of sp³-hybridized carbons (Fsp3) is 0.217. The summed E-state index contributed by atoms with van der Waals surface area (Å²) in [6, 6.07) is 16.0. The number of rotatable bonds is 6. The van der Waals surface area contributed by atoms with Gasteiger partial charge in [-0.1, -0.05) is 55.5 Å². The summed E-state index contributed by atoms with van der Waals surface area (Å²) in [5, 5.41) is 14.4. The molecule has 5 rings (SSSR count). The Morgan fingerprint density at radius 3 is 2.45 bits per heavy atom. The van der Waals surface area contributed by atoms with Gasteiger partial charge >= 0.3 is 5.69 Å². The summed E-state index contributed by atoms with van der Waals surface area (Å²) in [6.45, 7) is 2.53. The third-order valence-corrected chi connectivity index (χ3v) is 5.68. The molecule has 10 nitrogen and oxygen atoms in total. The van der Waals surface area contributed by atoms with E-state index in [2.05, 4.69) is 37.5 Å². The lowest BCUT2D eigenvalue weighted by atomic mass is 9.98. The monoisotopic (exact) mass is 442 g/mol. The number of H-pyrrole nitrogens is 2. The molecule has 0 aliphatic heterocycles. The molecule has 0 atom stereocenters. The van der Waals surface area contributed by atoms with Crippen molar-refractivity contribution in [3.63, 3.8) is 0 Å². The Bertz CT molecular complexity index is 1540. The molecule has 3 aromatic heterocycles. The van der Waals surface area contributed by atoms with E-state index in [1.165, 1.54) is 4.57 Å². The first-order chi connectivity index (χ1) is 16.1. The van der Waals surface area contributed by atoms with Crippen molar-refractivity contribution in [3.05, 3.63) is 80.8 Å². The van der Waals surface area contributed by atoms with Crippen LogP contribution in [0.2, 0.25) is 0 Å². The molecule has 5 aromatic rings. The summed E-state index contributed by atoms with van der Waals surface area (Å²) in [4.78, 5) is 31.6. The van der Waals surface area contributed by atoms with E-state index in [0.717, 1.165) is 34.5 Å². The largest absolute Gasteiger partial charge is 0.329 e. The molecule has 2 aromatic carbocycles. The van der Waals surface area contributed by atoms with Crippen LogP contribution in [0.1, 0.15) is 24.7 Å². The molecule has 0 amide bonds. The van der Waals surface area contributed by atoms with E-state index in [0.29, 0.717) is 30.0 Å². The lowest BCUT2D eigenvalue weighted by Crippen LogP contribution is -2.29. The predicted octanol–water partition coefficient (Wildman–Crippen LogP) is 2.27. The van der Waals surface area contributed by atoms with Crippen molar-refractivity contribution >= 4 is 11.2 Å². The Labute approximate surface area is 187 Å². The van der Waals surface area contributed by atoms with Gasteiger partial charge in [0.25, 0.3) is 5.56 Å². The first-order valence-electron chi connectivity index (χ1n) is 10.7. The summed E-state index contributed by atoms with van der Waals surface area (Å²) >= 11 is 0. The predicted molar refractivity (Wildman–Crippen MR) is 124 cm³/mol. The second kappa shape index (κ2) is 8.30. The SMILES string of the molecule is CCCc1nc2c(c(=O)[nH]c(=O)n2C)n1Cc1ccc(-c2ccccc2-c2nn[nH]n2)cc1. The van der Waals surface area contributed by atoms with Crippen LogP contribution in [0.15, 0.2) is 58.1 Å². The molecule has 0 spiro atoms. The second-order valence-electron chi connectivity index (χ2n) is 7.83. The topological polar surface area (TPSA) is 127 Å². The molecule has 0 saturated heterocycles. The van der Waals surface area contributed by atoms with Crippen molar-refractivity contribution in [3.8, 4) is 22.5 Å². The maximum atomic E-state index is 12.6. The van der Waals surface area contributed by atoms with Gasteiger partial charge in [0.05, 0.1) is 0 Å². The fourth-order valence-corrected chi connectivity index (χ4v) is 4.04. The minimum Gasteiger partial charge on any atom is -0.318 e. The molecule has 0 fully saturated rings. The number of nitrogens with zero attached hydrogens (tertiary/aromatic N) is 6. The van der Waals surface area contributed by atoms with E-state index in [9.17, 15) is 9.59 Å². The van der Waals surface area contributed by atoms with Gasteiger partial charge in [-0.15, -0.1) is 10.2 Å². The van der Waals surface area contributed by atoms with E-state index in [4.69, 9.17) is 0 Å². The van der Waals surface area contributed by atoms with E-state index in [-0.39, 0.29) is 0 Å². The Morgan fingerprint density at radius 1 is 1.00 bits per heavy atom. The minimum atomic E-state index is -0.468. The molecule has 10 heteroatoms. The van der Waals surface area contributed by atoms with Crippen molar-refractivity contribution in [1.29, 1.82) is 0 Å². The molecule has 166 valence electrons. The molecular weight excluding hydrogens is 420 g/mol. The summed E-state index contributed by atoms with van der Waals surface area (Å²) in [7, 11) is 1.61. The highest BCUT2D eigenvalue weighted by Crippen LogP contribution is 2.30. The highest BCUT2D eigenvalue weighted by Gasteiger charge is 2.17. The third-order valence-electron chi connectivity index (χ3n) is 5.68. The average Bonchev–Trinajstić information content (AvgIpc) is 3.48. The number of aromatic nitrogens is 8. The Balaban J connectivity index is 1.54. The lowest BCUT2D eigenvalue weighted by molar-refractivity contribution is 0.719. The molecule has 2 N–H and O–H groups in total. The van der Waals surface area contributed by atoms with Gasteiger partial charge in [-0.05, 0) is 28.3 Å². The summed E-state index contributed by atoms with van der Waals surface area (Å²) in [5.41, 5.74) is 3.83. The number of aromatic amines is 2. The van der Waals surface area contributed by atoms with E-state index < -0.39 is 11.2 Å². The number of imidazole rings is 1. The van der Waals surface area contributed by atoms with Crippen LogP contribution < -0.4 is 11.2 Å². The van der Waals surface area contributed by atoms with Crippen LogP contribution in [0, 0.1) is 0 Å². The molecule has 33 heavy (non-hydrogen) atoms. The smallest absolute Gasteiger partial charge is 0.318 e. The average molecular weight is 442 g/mol. The van der Waals surface area contributed by atoms with Gasteiger partial charge in [-0.2, -0.15) is 5.21 Å². The third kappa shape index (κ3) is 3.65. The molecule has 3 heterocycles. The number of hydrogen-bond acceptors (Lipinski definition) is 6. The summed E-state index contributed by atoms with van der Waals surface area (Å²) in [6.07, 6.45) is 1.58. The minimum absolute atomic E-state index is 0.401. The van der Waals surface area contributed by atoms with Crippen molar-refractivity contribution in [2.45, 2.75) is 26.3 Å². The van der Waals surface area contributed by atoms with Crippen LogP contribution in [0.5, 0.6) is 0 Å². The standard InChI is InChI=1S/C23H22N8O2/c1-3-6-18-24-21-19(22(32)25-23(33)30(21)2)31(18)13-14-9-11-15(12-10-14)16-7-4-5-8-17(16)20-26-28-29-27-20/h4-5,7-12H,3,6,13H2,1-2H3,(H,25,32,33)(H,26,27,28,29). The number of tetrazole rings is 1. The molecule has 0 saturated carbocycles. The highest BCUT2D eigenvalue weighted by atomic mass is 16.2. The summed E-state index contributed by atoms with van der Waals surface area (Å²) in [5.74, 6) is 1.32. The number of hydrogen-bond donors (Lipinski definition) is 2. The Kier molecular flexibility index (Phi) is 5.17. The second-order valence-corrected chi connectivity index (χ2v) is 7.83. The van der Waals surface area contributed by atoms with Crippen molar-refractivity contribution in [2.24, 2.45) is 7.05 Å². The van der Waals surface area contributed by atoms with E-state index in [1.54, 1.807) is 7.05 Å². The van der Waals surface area contributed by atoms with Gasteiger partial charge in [0.2, 0.25) is 5.82 Å². The molecule has 0 aliphatic carbocycles. The number of aryl methyl sites for hydroxylation is 2. The van der Waals surface area contributed by atoms with Gasteiger partial charge in [0.15, 0.2) is 11.2 Å². The lowest BCUT2D eigenvalue weighted by Gasteiger charge is -2.11. The van der Waals surface area contributed by atoms with Gasteiger partial charge in [0.1, 0.15) is 5.82 Å². The van der Waals surface area contributed by atoms with Crippen LogP contribution in [0.25, 0.3) is 33.7 Å². The van der Waals surface area contributed by atoms with E-state index >= 15 is 0 Å². The summed E-state index contributed by atoms with van der Waals surface area (Å²) < 4.78 is 3.28. The Morgan fingerprint density at radius 2 is 1.76 bits per heavy atom. The van der Waals surface area contributed by atoms with Crippen LogP contribution in [-0.4, -0.2) is 39.7 Å². The zero-order valence-electron chi connectivity index (χ0n) is 18.2. The first-order valence-corrected chi connectivity index (χ1v) is 10.7. The Hall–Kier alpha value is -4.34. The van der Waals surface area contributed by atoms with Crippen LogP contribution in [0.3, 0.4) is 0 Å². The highest BCUT2D eigenvalue weighted by molar-refractivity contribution is 5.80. The maximum absolute atomic E-state index is 12.6.